The third-order valence-electron chi connectivity index (χ3n) is 3.57. The number of alkyl carbamates (subject to hydrolysis) is 1. The van der Waals surface area contributed by atoms with Gasteiger partial charge in [-0.15, -0.1) is 0 Å². The molecular weight excluding hydrogens is 322 g/mol. The summed E-state index contributed by atoms with van der Waals surface area (Å²) in [5.74, 6) is -1.66. The number of carbonyl (C=O) groups excluding carboxylic acids is 2. The molecule has 0 saturated carbocycles. The van der Waals surface area contributed by atoms with Crippen molar-refractivity contribution in [1.82, 2.24) is 5.32 Å². The molecule has 2 aromatic carbocycles. The van der Waals surface area contributed by atoms with Gasteiger partial charge in [-0.05, 0) is 12.5 Å². The molecule has 1 unspecified atom stereocenters. The van der Waals surface area contributed by atoms with Gasteiger partial charge in [0.1, 0.15) is 12.6 Å². The Morgan fingerprint density at radius 2 is 1.68 bits per heavy atom. The smallest absolute Gasteiger partial charge is 0.408 e. The predicted octanol–water partition coefficient (Wildman–Crippen LogP) is 2.95. The minimum atomic E-state index is -1.35. The summed E-state index contributed by atoms with van der Waals surface area (Å²) in [5.41, 5.74) is 2.17. The van der Waals surface area contributed by atoms with Crippen molar-refractivity contribution in [2.75, 3.05) is 0 Å². The molecule has 0 fully saturated rings. The molecule has 6 nitrogen and oxygen atoms in total. The molecular formula is C19H19NO5. The second kappa shape index (κ2) is 8.63. The Hall–Kier alpha value is -3.15. The second-order valence-electron chi connectivity index (χ2n) is 5.59. The third-order valence-corrected chi connectivity index (χ3v) is 3.57. The number of hydrogen-bond donors (Lipinski definition) is 2. The average molecular weight is 341 g/mol. The normalized spacial score (nSPS) is 11.4. The maximum Gasteiger partial charge on any atom is 0.408 e. The van der Waals surface area contributed by atoms with Crippen LogP contribution in [0.1, 0.15) is 27.9 Å². The van der Waals surface area contributed by atoms with Crippen molar-refractivity contribution in [2.24, 2.45) is 0 Å². The maximum absolute atomic E-state index is 12.2. The fourth-order valence-corrected chi connectivity index (χ4v) is 2.15. The lowest BCUT2D eigenvalue weighted by molar-refractivity contribution is -0.139. The van der Waals surface area contributed by atoms with E-state index < -0.39 is 18.1 Å². The van der Waals surface area contributed by atoms with Crippen LogP contribution in [-0.2, 0) is 16.1 Å². The number of benzene rings is 2. The van der Waals surface area contributed by atoms with Gasteiger partial charge in [0.2, 0.25) is 0 Å². The minimum absolute atomic E-state index is 0.0188. The van der Waals surface area contributed by atoms with E-state index in [4.69, 9.17) is 4.74 Å². The first kappa shape index (κ1) is 18.2. The molecule has 0 aliphatic carbocycles. The zero-order chi connectivity index (χ0) is 18.2. The number of carbonyl (C=O) groups is 3. The lowest BCUT2D eigenvalue weighted by atomic mass is 10.0. The predicted molar refractivity (Wildman–Crippen MR) is 91.3 cm³/mol. The second-order valence-corrected chi connectivity index (χ2v) is 5.59. The lowest BCUT2D eigenvalue weighted by Crippen LogP contribution is -2.42. The molecule has 0 aromatic heterocycles. The largest absolute Gasteiger partial charge is 0.480 e. The van der Waals surface area contributed by atoms with Crippen molar-refractivity contribution >= 4 is 17.8 Å². The average Bonchev–Trinajstić information content (AvgIpc) is 2.60. The van der Waals surface area contributed by atoms with E-state index >= 15 is 0 Å². The third kappa shape index (κ3) is 5.76. The van der Waals surface area contributed by atoms with Crippen LogP contribution in [0.4, 0.5) is 4.79 Å². The number of carboxylic acid groups (broad SMARTS) is 1. The van der Waals surface area contributed by atoms with Gasteiger partial charge < -0.3 is 15.2 Å². The zero-order valence-electron chi connectivity index (χ0n) is 13.8. The molecule has 0 aliphatic heterocycles. The first-order chi connectivity index (χ1) is 12.0. The van der Waals surface area contributed by atoms with E-state index in [1.807, 2.05) is 13.0 Å². The molecule has 0 saturated heterocycles. The number of Topliss-reactive ketones (excluding diaryl/α,β-unsaturated/α-hetero) is 1. The molecule has 0 spiro atoms. The summed E-state index contributed by atoms with van der Waals surface area (Å²) < 4.78 is 4.99. The molecule has 2 rings (SSSR count). The van der Waals surface area contributed by atoms with Gasteiger partial charge in [0.25, 0.3) is 0 Å². The number of ether oxygens (including phenoxy) is 1. The first-order valence-corrected chi connectivity index (χ1v) is 7.75. The van der Waals surface area contributed by atoms with Crippen LogP contribution in [0.3, 0.4) is 0 Å². The van der Waals surface area contributed by atoms with E-state index in [0.717, 1.165) is 11.1 Å². The summed E-state index contributed by atoms with van der Waals surface area (Å²) in [6.07, 6.45) is -1.23. The van der Waals surface area contributed by atoms with Crippen LogP contribution in [0.2, 0.25) is 0 Å². The van der Waals surface area contributed by atoms with Crippen LogP contribution in [0.5, 0.6) is 0 Å². The monoisotopic (exact) mass is 341 g/mol. The standard InChI is InChI=1S/C19H19NO5/c1-13-7-9-15(10-8-13)17(21)11-16(18(22)23)20-19(24)25-12-14-5-3-2-4-6-14/h2-10,16H,11-12H2,1H3,(H,20,24)(H,22,23). The number of nitrogens with one attached hydrogen (secondary N) is 1. The summed E-state index contributed by atoms with van der Waals surface area (Å²) in [7, 11) is 0. The van der Waals surface area contributed by atoms with Gasteiger partial charge in [0, 0.05) is 12.0 Å². The Morgan fingerprint density at radius 1 is 1.04 bits per heavy atom. The fourth-order valence-electron chi connectivity index (χ4n) is 2.15. The molecule has 25 heavy (non-hydrogen) atoms. The van der Waals surface area contributed by atoms with Crippen molar-refractivity contribution in [3.05, 3.63) is 71.3 Å². The number of carboxylic acids is 1. The van der Waals surface area contributed by atoms with E-state index in [-0.39, 0.29) is 18.8 Å². The van der Waals surface area contributed by atoms with Crippen LogP contribution in [0.15, 0.2) is 54.6 Å². The summed E-state index contributed by atoms with van der Waals surface area (Å²) in [6, 6.07) is 14.4. The molecule has 1 atom stereocenters. The van der Waals surface area contributed by atoms with Gasteiger partial charge in [0.15, 0.2) is 5.78 Å². The van der Waals surface area contributed by atoms with E-state index in [9.17, 15) is 19.5 Å². The van der Waals surface area contributed by atoms with Gasteiger partial charge in [-0.1, -0.05) is 60.2 Å². The molecule has 0 heterocycles. The Labute approximate surface area is 145 Å². The number of ketones is 1. The van der Waals surface area contributed by atoms with Crippen LogP contribution >= 0.6 is 0 Å². The van der Waals surface area contributed by atoms with Crippen LogP contribution in [0.25, 0.3) is 0 Å². The van der Waals surface area contributed by atoms with E-state index in [1.54, 1.807) is 48.5 Å². The van der Waals surface area contributed by atoms with Crippen molar-refractivity contribution in [3.63, 3.8) is 0 Å². The quantitative estimate of drug-likeness (QED) is 0.755. The van der Waals surface area contributed by atoms with Crippen molar-refractivity contribution < 1.29 is 24.2 Å². The van der Waals surface area contributed by atoms with E-state index in [2.05, 4.69) is 5.32 Å². The number of aliphatic carboxylic acids is 1. The van der Waals surface area contributed by atoms with Gasteiger partial charge in [-0.3, -0.25) is 4.79 Å². The highest BCUT2D eigenvalue weighted by Crippen LogP contribution is 2.09. The highest BCUT2D eigenvalue weighted by molar-refractivity contribution is 5.99. The van der Waals surface area contributed by atoms with Crippen molar-refractivity contribution in [2.45, 2.75) is 26.0 Å². The minimum Gasteiger partial charge on any atom is -0.480 e. The first-order valence-electron chi connectivity index (χ1n) is 7.75. The Bertz CT molecular complexity index is 740. The summed E-state index contributed by atoms with van der Waals surface area (Å²) in [6.45, 7) is 1.91. The Kier molecular flexibility index (Phi) is 6.28. The number of aryl methyl sites for hydroxylation is 1. The lowest BCUT2D eigenvalue weighted by Gasteiger charge is -2.14. The van der Waals surface area contributed by atoms with Gasteiger partial charge >= 0.3 is 12.1 Å². The van der Waals surface area contributed by atoms with E-state index in [0.29, 0.717) is 5.56 Å². The number of amides is 1. The maximum atomic E-state index is 12.2. The Balaban J connectivity index is 1.91. The van der Waals surface area contributed by atoms with E-state index in [1.165, 1.54) is 0 Å². The fraction of sp³-hybridized carbons (Fsp3) is 0.211. The van der Waals surface area contributed by atoms with Crippen molar-refractivity contribution in [3.8, 4) is 0 Å². The molecule has 1 amide bonds. The Morgan fingerprint density at radius 3 is 2.28 bits per heavy atom. The summed E-state index contributed by atoms with van der Waals surface area (Å²) in [4.78, 5) is 35.3. The molecule has 2 aromatic rings. The number of rotatable bonds is 7. The summed E-state index contributed by atoms with van der Waals surface area (Å²) in [5, 5.41) is 11.4. The van der Waals surface area contributed by atoms with Crippen molar-refractivity contribution in [1.29, 1.82) is 0 Å². The highest BCUT2D eigenvalue weighted by Gasteiger charge is 2.24. The molecule has 130 valence electrons. The van der Waals surface area contributed by atoms with Gasteiger partial charge in [-0.2, -0.15) is 0 Å². The topological polar surface area (TPSA) is 92.7 Å². The highest BCUT2D eigenvalue weighted by atomic mass is 16.5. The molecule has 6 heteroatoms. The zero-order valence-corrected chi connectivity index (χ0v) is 13.8. The molecule has 0 radical (unpaired) electrons. The van der Waals surface area contributed by atoms with Crippen LogP contribution in [-0.4, -0.2) is 29.0 Å². The molecule has 0 aliphatic rings. The van der Waals surface area contributed by atoms with Gasteiger partial charge in [0.05, 0.1) is 0 Å². The van der Waals surface area contributed by atoms with Crippen LogP contribution < -0.4 is 5.32 Å². The molecule has 0 bridgehead atoms. The van der Waals surface area contributed by atoms with Gasteiger partial charge in [-0.25, -0.2) is 9.59 Å². The number of hydrogen-bond acceptors (Lipinski definition) is 4. The SMILES string of the molecule is Cc1ccc(C(=O)CC(NC(=O)OCc2ccccc2)C(=O)O)cc1. The summed E-state index contributed by atoms with van der Waals surface area (Å²) >= 11 is 0. The van der Waals surface area contributed by atoms with Crippen LogP contribution in [0, 0.1) is 6.92 Å². The molecule has 2 N–H and O–H groups in total.